The van der Waals surface area contributed by atoms with Crippen LogP contribution >= 0.6 is 0 Å². The lowest BCUT2D eigenvalue weighted by atomic mass is 9.54. The number of hydrogen-bond donors (Lipinski definition) is 0. The van der Waals surface area contributed by atoms with Gasteiger partial charge in [-0.2, -0.15) is 0 Å². The minimum atomic E-state index is -1.82. The highest BCUT2D eigenvalue weighted by molar-refractivity contribution is 6.70. The Morgan fingerprint density at radius 1 is 1.03 bits per heavy atom. The molecule has 6 heteroatoms. The predicted molar refractivity (Wildman–Crippen MR) is 124 cm³/mol. The van der Waals surface area contributed by atoms with E-state index in [1.165, 1.54) is 0 Å². The molecule has 0 radical (unpaired) electrons. The number of benzene rings is 1. The quantitative estimate of drug-likeness (QED) is 0.551. The number of hydrogen-bond acceptors (Lipinski definition) is 4. The second-order valence-corrected chi connectivity index (χ2v) is 20.6. The van der Waals surface area contributed by atoms with E-state index in [2.05, 4.69) is 52.3 Å². The highest BCUT2D eigenvalue weighted by Gasteiger charge is 2.59. The first-order valence-electron chi connectivity index (χ1n) is 11.4. The molecule has 2 fully saturated rings. The maximum atomic E-state index is 13.3. The van der Waals surface area contributed by atoms with Gasteiger partial charge in [0.1, 0.15) is 11.5 Å². The summed E-state index contributed by atoms with van der Waals surface area (Å²) in [6, 6.07) is 6.11. The molecular formula is C24H36O4Si2. The van der Waals surface area contributed by atoms with Crippen LogP contribution in [0.15, 0.2) is 18.2 Å². The van der Waals surface area contributed by atoms with E-state index in [-0.39, 0.29) is 35.1 Å². The predicted octanol–water partition coefficient (Wildman–Crippen LogP) is 5.80. The van der Waals surface area contributed by atoms with Crippen LogP contribution in [0.1, 0.15) is 54.4 Å². The van der Waals surface area contributed by atoms with Crippen molar-refractivity contribution in [2.75, 3.05) is 0 Å². The van der Waals surface area contributed by atoms with Gasteiger partial charge in [-0.05, 0) is 81.7 Å². The Hall–Kier alpha value is -1.25. The zero-order valence-electron chi connectivity index (χ0n) is 19.5. The van der Waals surface area contributed by atoms with Crippen molar-refractivity contribution in [3.05, 3.63) is 29.3 Å². The summed E-state index contributed by atoms with van der Waals surface area (Å²) in [5.74, 6) is 2.04. The van der Waals surface area contributed by atoms with E-state index in [0.29, 0.717) is 18.6 Å². The molecule has 1 aromatic carbocycles. The Bertz CT molecular complexity index is 882. The molecule has 30 heavy (non-hydrogen) atoms. The van der Waals surface area contributed by atoms with Crippen molar-refractivity contribution in [3.8, 4) is 5.75 Å². The summed E-state index contributed by atoms with van der Waals surface area (Å²) in [6.45, 7) is 15.2. The monoisotopic (exact) mass is 444 g/mol. The smallest absolute Gasteiger partial charge is 0.242 e. The molecule has 5 unspecified atom stereocenters. The van der Waals surface area contributed by atoms with E-state index in [0.717, 1.165) is 29.7 Å². The van der Waals surface area contributed by atoms with E-state index in [9.17, 15) is 9.59 Å². The lowest BCUT2D eigenvalue weighted by molar-refractivity contribution is -0.132. The number of carbonyl (C=O) groups excluding carboxylic acids is 2. The Kier molecular flexibility index (Phi) is 5.23. The summed E-state index contributed by atoms with van der Waals surface area (Å²) in [6.07, 6.45) is 2.86. The molecule has 0 amide bonds. The second kappa shape index (κ2) is 7.14. The number of rotatable bonds is 4. The first kappa shape index (κ1) is 22.0. The van der Waals surface area contributed by atoms with Gasteiger partial charge >= 0.3 is 0 Å². The third-order valence-corrected chi connectivity index (χ3v) is 9.03. The van der Waals surface area contributed by atoms with Gasteiger partial charge in [0, 0.05) is 29.7 Å². The maximum absolute atomic E-state index is 13.3. The molecule has 5 atom stereocenters. The fraction of sp³-hybridized carbons (Fsp3) is 0.667. The van der Waals surface area contributed by atoms with Gasteiger partial charge in [-0.25, -0.2) is 0 Å². The summed E-state index contributed by atoms with van der Waals surface area (Å²) < 4.78 is 12.9. The molecule has 0 N–H and O–H groups in total. The number of fused-ring (bicyclic) bond motifs is 5. The summed E-state index contributed by atoms with van der Waals surface area (Å²) >= 11 is 0. The summed E-state index contributed by atoms with van der Waals surface area (Å²) in [4.78, 5) is 26.1. The van der Waals surface area contributed by atoms with Crippen LogP contribution in [0.3, 0.4) is 0 Å². The van der Waals surface area contributed by atoms with E-state index in [1.807, 2.05) is 12.1 Å². The highest BCUT2D eigenvalue weighted by atomic mass is 28.4. The third-order valence-electron chi connectivity index (χ3n) is 7.18. The number of Topliss-reactive ketones (excluding diaryl/α,β-unsaturated/α-hetero) is 2. The maximum Gasteiger partial charge on any atom is 0.242 e. The largest absolute Gasteiger partial charge is 0.544 e. The minimum absolute atomic E-state index is 0.000533. The molecular weight excluding hydrogens is 408 g/mol. The van der Waals surface area contributed by atoms with Gasteiger partial charge in [-0.1, -0.05) is 13.0 Å². The first-order valence-corrected chi connectivity index (χ1v) is 18.2. The number of carbonyl (C=O) groups is 2. The third kappa shape index (κ3) is 3.87. The van der Waals surface area contributed by atoms with Crippen LogP contribution in [0.5, 0.6) is 5.75 Å². The molecule has 1 aromatic rings. The van der Waals surface area contributed by atoms with Crippen LogP contribution in [-0.2, 0) is 9.22 Å². The van der Waals surface area contributed by atoms with Gasteiger partial charge in [0.05, 0.1) is 6.10 Å². The van der Waals surface area contributed by atoms with Crippen molar-refractivity contribution in [3.63, 3.8) is 0 Å². The average Bonchev–Trinajstić information content (AvgIpc) is 2.87. The molecule has 2 saturated carbocycles. The van der Waals surface area contributed by atoms with E-state index >= 15 is 0 Å². The SMILES string of the molecule is CC12CC(O[Si](C)(C)C)C3c4ccc(O[Si](C)(C)C)cc4C(=O)CC3C1CCC2=O. The zero-order valence-corrected chi connectivity index (χ0v) is 21.5. The molecule has 0 saturated heterocycles. The van der Waals surface area contributed by atoms with Crippen molar-refractivity contribution in [1.82, 2.24) is 0 Å². The van der Waals surface area contributed by atoms with Crippen molar-refractivity contribution in [1.29, 1.82) is 0 Å². The van der Waals surface area contributed by atoms with E-state index in [1.54, 1.807) is 0 Å². The lowest BCUT2D eigenvalue weighted by Crippen LogP contribution is -2.52. The van der Waals surface area contributed by atoms with Crippen molar-refractivity contribution in [2.45, 2.75) is 83.9 Å². The molecule has 0 aliphatic heterocycles. The fourth-order valence-corrected chi connectivity index (χ4v) is 8.17. The van der Waals surface area contributed by atoms with E-state index in [4.69, 9.17) is 8.85 Å². The van der Waals surface area contributed by atoms with Gasteiger partial charge < -0.3 is 8.85 Å². The van der Waals surface area contributed by atoms with Crippen LogP contribution in [0, 0.1) is 17.3 Å². The van der Waals surface area contributed by atoms with Gasteiger partial charge in [0.25, 0.3) is 0 Å². The Balaban J connectivity index is 1.78. The molecule has 3 aliphatic rings. The minimum Gasteiger partial charge on any atom is -0.544 e. The van der Waals surface area contributed by atoms with Crippen LogP contribution < -0.4 is 4.43 Å². The average molecular weight is 445 g/mol. The van der Waals surface area contributed by atoms with Crippen LogP contribution in [0.4, 0.5) is 0 Å². The molecule has 0 spiro atoms. The zero-order chi connectivity index (χ0) is 22.1. The molecule has 164 valence electrons. The van der Waals surface area contributed by atoms with Gasteiger partial charge in [-0.3, -0.25) is 9.59 Å². The first-order chi connectivity index (χ1) is 13.8. The standard InChI is InChI=1S/C24H36O4Si2/c1-24-14-21(28-30(5,6)7)23-16-9-8-15(27-29(2,3)4)12-17(16)20(25)13-18(23)19(24)10-11-22(24)26/h8-9,12,18-19,21,23H,10-11,13-14H2,1-7H3. The Labute approximate surface area is 183 Å². The molecule has 4 rings (SSSR count). The summed E-state index contributed by atoms with van der Waals surface area (Å²) in [5.41, 5.74) is 1.58. The Morgan fingerprint density at radius 2 is 1.73 bits per heavy atom. The summed E-state index contributed by atoms with van der Waals surface area (Å²) in [5, 5.41) is 0. The molecule has 0 aromatic heterocycles. The normalized spacial score (nSPS) is 33.7. The van der Waals surface area contributed by atoms with Crippen LogP contribution in [0.2, 0.25) is 39.3 Å². The molecule has 4 nitrogen and oxygen atoms in total. The van der Waals surface area contributed by atoms with Crippen molar-refractivity contribution >= 4 is 28.2 Å². The lowest BCUT2D eigenvalue weighted by Gasteiger charge is -2.52. The van der Waals surface area contributed by atoms with Crippen molar-refractivity contribution in [2.24, 2.45) is 17.3 Å². The van der Waals surface area contributed by atoms with Gasteiger partial charge in [0.2, 0.25) is 8.32 Å². The molecule has 0 bridgehead atoms. The number of ketones is 2. The Morgan fingerprint density at radius 3 is 2.37 bits per heavy atom. The molecule has 0 heterocycles. The summed E-state index contributed by atoms with van der Waals surface area (Å²) in [7, 11) is -3.56. The highest BCUT2D eigenvalue weighted by Crippen LogP contribution is 2.60. The van der Waals surface area contributed by atoms with Gasteiger partial charge in [0.15, 0.2) is 14.1 Å². The van der Waals surface area contributed by atoms with E-state index < -0.39 is 16.6 Å². The van der Waals surface area contributed by atoms with Crippen LogP contribution in [-0.4, -0.2) is 34.3 Å². The second-order valence-electron chi connectivity index (χ2n) is 11.7. The van der Waals surface area contributed by atoms with Gasteiger partial charge in [-0.15, -0.1) is 0 Å². The van der Waals surface area contributed by atoms with Crippen molar-refractivity contribution < 1.29 is 18.4 Å². The molecule has 3 aliphatic carbocycles. The topological polar surface area (TPSA) is 52.6 Å². The fourth-order valence-electron chi connectivity index (χ4n) is 6.20. The van der Waals surface area contributed by atoms with Crippen LogP contribution in [0.25, 0.3) is 0 Å².